The first kappa shape index (κ1) is 15.9. The summed E-state index contributed by atoms with van der Waals surface area (Å²) in [4.78, 5) is 0. The van der Waals surface area contributed by atoms with Gasteiger partial charge in [-0.05, 0) is 31.5 Å². The zero-order valence-corrected chi connectivity index (χ0v) is 11.7. The van der Waals surface area contributed by atoms with Crippen LogP contribution >= 0.6 is 0 Å². The third-order valence-electron chi connectivity index (χ3n) is 2.56. The van der Waals surface area contributed by atoms with Crippen molar-refractivity contribution in [1.29, 1.82) is 0 Å². The van der Waals surface area contributed by atoms with E-state index in [1.54, 1.807) is 6.07 Å². The maximum atomic E-state index is 13.5. The van der Waals surface area contributed by atoms with Gasteiger partial charge >= 0.3 is 0 Å². The lowest BCUT2D eigenvalue weighted by molar-refractivity contribution is -0.133. The molecule has 0 bridgehead atoms. The van der Waals surface area contributed by atoms with Crippen LogP contribution in [0.5, 0.6) is 5.75 Å². The maximum absolute atomic E-state index is 13.5. The van der Waals surface area contributed by atoms with E-state index in [-0.39, 0.29) is 17.9 Å². The molecule has 0 heterocycles. The Morgan fingerprint density at radius 1 is 1.21 bits per heavy atom. The van der Waals surface area contributed by atoms with Crippen LogP contribution in [0.1, 0.15) is 19.4 Å². The minimum Gasteiger partial charge on any atom is -0.494 e. The van der Waals surface area contributed by atoms with Crippen LogP contribution in [0.2, 0.25) is 0 Å². The molecule has 0 spiro atoms. The molecule has 0 saturated heterocycles. The number of hydrogen-bond acceptors (Lipinski definition) is 4. The SMILES string of the molecule is CCOC(CNCc1ccc(OC)c(F)c1)OCC. The van der Waals surface area contributed by atoms with Gasteiger partial charge in [-0.2, -0.15) is 0 Å². The van der Waals surface area contributed by atoms with Gasteiger partial charge in [-0.1, -0.05) is 6.07 Å². The number of ether oxygens (including phenoxy) is 3. The molecule has 0 amide bonds. The molecular formula is C14H22FNO3. The van der Waals surface area contributed by atoms with Gasteiger partial charge in [0.25, 0.3) is 0 Å². The Labute approximate surface area is 113 Å². The lowest BCUT2D eigenvalue weighted by atomic mass is 10.2. The highest BCUT2D eigenvalue weighted by atomic mass is 19.1. The summed E-state index contributed by atoms with van der Waals surface area (Å²) in [5, 5.41) is 3.18. The molecule has 0 aliphatic rings. The predicted octanol–water partition coefficient (Wildman–Crippen LogP) is 2.32. The molecule has 0 aliphatic carbocycles. The van der Waals surface area contributed by atoms with E-state index in [2.05, 4.69) is 5.32 Å². The van der Waals surface area contributed by atoms with Gasteiger partial charge in [0.05, 0.1) is 7.11 Å². The molecule has 1 rings (SSSR count). The molecule has 0 aliphatic heterocycles. The van der Waals surface area contributed by atoms with E-state index >= 15 is 0 Å². The van der Waals surface area contributed by atoms with Gasteiger partial charge in [-0.15, -0.1) is 0 Å². The first-order valence-electron chi connectivity index (χ1n) is 6.47. The van der Waals surface area contributed by atoms with E-state index in [0.717, 1.165) is 5.56 Å². The Hall–Kier alpha value is -1.17. The fraction of sp³-hybridized carbons (Fsp3) is 0.571. The van der Waals surface area contributed by atoms with E-state index in [4.69, 9.17) is 14.2 Å². The van der Waals surface area contributed by atoms with E-state index in [1.807, 2.05) is 19.9 Å². The maximum Gasteiger partial charge on any atom is 0.169 e. The zero-order valence-electron chi connectivity index (χ0n) is 11.7. The van der Waals surface area contributed by atoms with Gasteiger partial charge in [0, 0.05) is 26.3 Å². The molecule has 19 heavy (non-hydrogen) atoms. The van der Waals surface area contributed by atoms with Crippen molar-refractivity contribution in [3.05, 3.63) is 29.6 Å². The van der Waals surface area contributed by atoms with Crippen LogP contribution in [0.25, 0.3) is 0 Å². The number of hydrogen-bond donors (Lipinski definition) is 1. The molecule has 4 nitrogen and oxygen atoms in total. The van der Waals surface area contributed by atoms with Crippen LogP contribution in [0.3, 0.4) is 0 Å². The van der Waals surface area contributed by atoms with Crippen molar-refractivity contribution in [1.82, 2.24) is 5.32 Å². The summed E-state index contributed by atoms with van der Waals surface area (Å²) in [5.41, 5.74) is 0.852. The molecular weight excluding hydrogens is 249 g/mol. The summed E-state index contributed by atoms with van der Waals surface area (Å²) in [7, 11) is 1.45. The Bertz CT molecular complexity index is 368. The van der Waals surface area contributed by atoms with E-state index in [9.17, 15) is 4.39 Å². The Morgan fingerprint density at radius 3 is 2.42 bits per heavy atom. The van der Waals surface area contributed by atoms with Crippen molar-refractivity contribution >= 4 is 0 Å². The third-order valence-corrected chi connectivity index (χ3v) is 2.56. The molecule has 1 aromatic carbocycles. The molecule has 0 saturated carbocycles. The Balaban J connectivity index is 2.41. The molecule has 0 unspecified atom stereocenters. The lowest BCUT2D eigenvalue weighted by Gasteiger charge is -2.17. The highest BCUT2D eigenvalue weighted by molar-refractivity contribution is 5.29. The van der Waals surface area contributed by atoms with Crippen LogP contribution in [-0.4, -0.2) is 33.2 Å². The largest absolute Gasteiger partial charge is 0.494 e. The highest BCUT2D eigenvalue weighted by Gasteiger charge is 2.08. The molecule has 0 fully saturated rings. The van der Waals surface area contributed by atoms with Crippen LogP contribution in [-0.2, 0) is 16.0 Å². The predicted molar refractivity (Wildman–Crippen MR) is 71.7 cm³/mol. The second-order valence-corrected chi connectivity index (χ2v) is 3.94. The minimum absolute atomic E-state index is 0.255. The molecule has 0 radical (unpaired) electrons. The Kier molecular flexibility index (Phi) is 7.40. The number of nitrogens with one attached hydrogen (secondary N) is 1. The molecule has 5 heteroatoms. The Morgan fingerprint density at radius 2 is 1.89 bits per heavy atom. The van der Waals surface area contributed by atoms with Crippen LogP contribution in [0.15, 0.2) is 18.2 Å². The first-order chi connectivity index (χ1) is 9.21. The average molecular weight is 271 g/mol. The second-order valence-electron chi connectivity index (χ2n) is 3.94. The molecule has 0 atom stereocenters. The minimum atomic E-state index is -0.354. The van der Waals surface area contributed by atoms with Gasteiger partial charge in [-0.3, -0.25) is 0 Å². The van der Waals surface area contributed by atoms with Crippen LogP contribution in [0, 0.1) is 5.82 Å². The van der Waals surface area contributed by atoms with E-state index in [0.29, 0.717) is 26.3 Å². The van der Waals surface area contributed by atoms with E-state index < -0.39 is 0 Å². The van der Waals surface area contributed by atoms with E-state index in [1.165, 1.54) is 13.2 Å². The fourth-order valence-electron chi connectivity index (χ4n) is 1.69. The van der Waals surface area contributed by atoms with Gasteiger partial charge in [0.2, 0.25) is 0 Å². The topological polar surface area (TPSA) is 39.7 Å². The summed E-state index contributed by atoms with van der Waals surface area (Å²) >= 11 is 0. The van der Waals surface area contributed by atoms with Gasteiger partial charge in [0.15, 0.2) is 17.9 Å². The van der Waals surface area contributed by atoms with Crippen molar-refractivity contribution in [3.8, 4) is 5.75 Å². The summed E-state index contributed by atoms with van der Waals surface area (Å²) in [5.74, 6) is -0.0989. The molecule has 1 aromatic rings. The van der Waals surface area contributed by atoms with Gasteiger partial charge < -0.3 is 19.5 Å². The highest BCUT2D eigenvalue weighted by Crippen LogP contribution is 2.17. The van der Waals surface area contributed by atoms with Crippen LogP contribution < -0.4 is 10.1 Å². The van der Waals surface area contributed by atoms with Crippen molar-refractivity contribution in [2.24, 2.45) is 0 Å². The summed E-state index contributed by atoms with van der Waals surface area (Å²) in [6.07, 6.45) is -0.266. The fourth-order valence-corrected chi connectivity index (χ4v) is 1.69. The quantitative estimate of drug-likeness (QED) is 0.700. The summed E-state index contributed by atoms with van der Waals surface area (Å²) < 4.78 is 29.2. The lowest BCUT2D eigenvalue weighted by Crippen LogP contribution is -2.31. The summed E-state index contributed by atoms with van der Waals surface area (Å²) in [6.45, 7) is 6.16. The third kappa shape index (κ3) is 5.55. The number of halogens is 1. The summed E-state index contributed by atoms with van der Waals surface area (Å²) in [6, 6.07) is 4.91. The van der Waals surface area contributed by atoms with Gasteiger partial charge in [-0.25, -0.2) is 4.39 Å². The number of methoxy groups -OCH3 is 1. The van der Waals surface area contributed by atoms with Gasteiger partial charge in [0.1, 0.15) is 0 Å². The zero-order chi connectivity index (χ0) is 14.1. The molecule has 108 valence electrons. The van der Waals surface area contributed by atoms with Crippen LogP contribution in [0.4, 0.5) is 4.39 Å². The standard InChI is InChI=1S/C14H22FNO3/c1-4-18-14(19-5-2)10-16-9-11-6-7-13(17-3)12(15)8-11/h6-8,14,16H,4-5,9-10H2,1-3H3. The molecule has 1 N–H and O–H groups in total. The monoisotopic (exact) mass is 271 g/mol. The van der Waals surface area contributed by atoms with Crippen molar-refractivity contribution in [2.75, 3.05) is 26.9 Å². The molecule has 0 aromatic heterocycles. The normalized spacial score (nSPS) is 11.0. The smallest absolute Gasteiger partial charge is 0.169 e. The van der Waals surface area contributed by atoms with Crippen molar-refractivity contribution < 1.29 is 18.6 Å². The van der Waals surface area contributed by atoms with Crippen molar-refractivity contribution in [3.63, 3.8) is 0 Å². The average Bonchev–Trinajstić information content (AvgIpc) is 2.39. The second kappa shape index (κ2) is 8.85. The number of benzene rings is 1. The first-order valence-corrected chi connectivity index (χ1v) is 6.47. The number of rotatable bonds is 9. The van der Waals surface area contributed by atoms with Crippen molar-refractivity contribution in [2.45, 2.75) is 26.7 Å².